The van der Waals surface area contributed by atoms with Gasteiger partial charge in [0.15, 0.2) is 5.82 Å². The average Bonchev–Trinajstić information content (AvgIpc) is 3.37. The van der Waals surface area contributed by atoms with Crippen LogP contribution in [0.2, 0.25) is 0 Å². The van der Waals surface area contributed by atoms with E-state index in [9.17, 15) is 18.7 Å². The van der Waals surface area contributed by atoms with Gasteiger partial charge in [0.25, 0.3) is 0 Å². The normalized spacial score (nSPS) is 22.4. The summed E-state index contributed by atoms with van der Waals surface area (Å²) in [6.45, 7) is 0. The van der Waals surface area contributed by atoms with E-state index >= 15 is 0 Å². The van der Waals surface area contributed by atoms with Crippen LogP contribution in [0.5, 0.6) is 0 Å². The van der Waals surface area contributed by atoms with Gasteiger partial charge in [-0.05, 0) is 60.4 Å². The molecule has 8 rings (SSSR count). The van der Waals surface area contributed by atoms with Crippen molar-refractivity contribution in [3.63, 3.8) is 0 Å². The van der Waals surface area contributed by atoms with Crippen LogP contribution in [0.4, 0.5) is 14.6 Å². The van der Waals surface area contributed by atoms with Crippen molar-refractivity contribution in [2.75, 3.05) is 5.32 Å². The smallest absolute Gasteiger partial charge is 0.308 e. The number of carbonyl (C=O) groups is 1. The molecule has 2 atom stereocenters. The Morgan fingerprint density at radius 3 is 2.49 bits per heavy atom. The zero-order chi connectivity index (χ0) is 26.7. The molecule has 0 spiro atoms. The summed E-state index contributed by atoms with van der Waals surface area (Å²) in [7, 11) is 0. The third-order valence-electron chi connectivity index (χ3n) is 8.54. The Hall–Kier alpha value is -4.33. The number of nitrogens with one attached hydrogen (secondary N) is 2. The first-order valence-electron chi connectivity index (χ1n) is 13.3. The summed E-state index contributed by atoms with van der Waals surface area (Å²) >= 11 is 0. The van der Waals surface area contributed by atoms with E-state index in [-0.39, 0.29) is 23.4 Å². The van der Waals surface area contributed by atoms with Crippen LogP contribution in [0.1, 0.15) is 25.7 Å². The number of aromatic nitrogens is 3. The fourth-order valence-corrected chi connectivity index (χ4v) is 6.66. The van der Waals surface area contributed by atoms with E-state index in [0.717, 1.165) is 48.1 Å². The van der Waals surface area contributed by atoms with Crippen molar-refractivity contribution in [2.45, 2.75) is 31.7 Å². The number of anilines is 1. The lowest BCUT2D eigenvalue weighted by atomic mass is 9.61. The first-order chi connectivity index (χ1) is 18.9. The lowest BCUT2D eigenvalue weighted by Gasteiger charge is -2.47. The lowest BCUT2D eigenvalue weighted by molar-refractivity contribution is -0.148. The Kier molecular flexibility index (Phi) is 5.58. The maximum absolute atomic E-state index is 14.5. The Morgan fingerprint density at radius 1 is 0.923 bits per heavy atom. The molecule has 196 valence electrons. The van der Waals surface area contributed by atoms with Crippen molar-refractivity contribution in [3.8, 4) is 22.6 Å². The highest BCUT2D eigenvalue weighted by Crippen LogP contribution is 2.46. The van der Waals surface area contributed by atoms with Crippen molar-refractivity contribution in [1.29, 1.82) is 0 Å². The van der Waals surface area contributed by atoms with Crippen LogP contribution in [-0.2, 0) is 4.79 Å². The van der Waals surface area contributed by atoms with Gasteiger partial charge in [-0.3, -0.25) is 4.79 Å². The van der Waals surface area contributed by atoms with Gasteiger partial charge in [0.05, 0.1) is 17.1 Å². The van der Waals surface area contributed by atoms with E-state index in [1.165, 1.54) is 6.07 Å². The molecule has 0 radical (unpaired) electrons. The number of halogens is 2. The predicted octanol–water partition coefficient (Wildman–Crippen LogP) is 7.02. The second-order valence-electron chi connectivity index (χ2n) is 10.7. The SMILES string of the molecule is O=C(O)[C@H]1C2CCC(CC2)[C@@H]1Nc1cc(-c2ccc3ccccc3c2)nc(-c2c[nH]c3c(F)cc(F)cc23)n1. The van der Waals surface area contributed by atoms with E-state index in [2.05, 4.69) is 10.3 Å². The van der Waals surface area contributed by atoms with Gasteiger partial charge in [-0.2, -0.15) is 0 Å². The van der Waals surface area contributed by atoms with E-state index in [1.807, 2.05) is 48.5 Å². The number of aliphatic carboxylic acids is 1. The van der Waals surface area contributed by atoms with Crippen LogP contribution < -0.4 is 5.32 Å². The third-order valence-corrected chi connectivity index (χ3v) is 8.54. The molecule has 2 bridgehead atoms. The number of nitrogens with zero attached hydrogens (tertiary/aromatic N) is 2. The molecule has 8 heteroatoms. The molecule has 0 aliphatic heterocycles. The third kappa shape index (κ3) is 4.11. The standard InChI is InChI=1S/C31H26F2N4O2/c32-21-12-22-23(15-34-29(22)24(33)13-21)30-35-25(20-10-5-16-3-1-2-4-19(16)11-20)14-26(37-30)36-28-18-8-6-17(7-9-18)27(28)31(38)39/h1-5,10-15,17-18,27-28,34H,6-9H2,(H,38,39)(H,35,36,37)/t17?,18?,27-,28-/m0/s1. The van der Waals surface area contributed by atoms with E-state index in [1.54, 1.807) is 6.20 Å². The highest BCUT2D eigenvalue weighted by Gasteiger charge is 2.47. The van der Waals surface area contributed by atoms with E-state index in [4.69, 9.17) is 9.97 Å². The first-order valence-corrected chi connectivity index (χ1v) is 13.3. The van der Waals surface area contributed by atoms with E-state index < -0.39 is 23.5 Å². The number of fused-ring (bicyclic) bond motifs is 5. The maximum atomic E-state index is 14.5. The number of benzene rings is 3. The summed E-state index contributed by atoms with van der Waals surface area (Å²) in [6, 6.07) is 17.8. The molecule has 0 saturated heterocycles. The molecule has 5 aromatic rings. The molecule has 0 unspecified atom stereocenters. The summed E-state index contributed by atoms with van der Waals surface area (Å²) in [6.07, 6.45) is 5.43. The Morgan fingerprint density at radius 2 is 1.69 bits per heavy atom. The van der Waals surface area contributed by atoms with Gasteiger partial charge < -0.3 is 15.4 Å². The second kappa shape index (κ2) is 9.15. The molecule has 6 nitrogen and oxygen atoms in total. The molecule has 3 aliphatic carbocycles. The summed E-state index contributed by atoms with van der Waals surface area (Å²) in [4.78, 5) is 24.8. The fraction of sp³-hybridized carbons (Fsp3) is 0.258. The Balaban J connectivity index is 1.37. The van der Waals surface area contributed by atoms with Gasteiger partial charge in [0, 0.05) is 40.9 Å². The summed E-state index contributed by atoms with van der Waals surface area (Å²) < 4.78 is 28.7. The number of aromatic amines is 1. The number of carboxylic acid groups (broad SMARTS) is 1. The molecule has 39 heavy (non-hydrogen) atoms. The zero-order valence-electron chi connectivity index (χ0n) is 21.0. The maximum Gasteiger partial charge on any atom is 0.308 e. The molecular formula is C31H26F2N4O2. The van der Waals surface area contributed by atoms with Gasteiger partial charge in [-0.1, -0.05) is 36.4 Å². The molecule has 3 fully saturated rings. The summed E-state index contributed by atoms with van der Waals surface area (Å²) in [5, 5.41) is 16.0. The number of rotatable bonds is 5. The van der Waals surface area contributed by atoms with Gasteiger partial charge in [0.1, 0.15) is 17.5 Å². The van der Waals surface area contributed by atoms with Crippen molar-refractivity contribution >= 4 is 33.5 Å². The van der Waals surface area contributed by atoms with Crippen LogP contribution in [-0.4, -0.2) is 32.1 Å². The number of carboxylic acids is 1. The largest absolute Gasteiger partial charge is 0.481 e. The van der Waals surface area contributed by atoms with Gasteiger partial charge in [-0.15, -0.1) is 0 Å². The average molecular weight is 525 g/mol. The number of hydrogen-bond donors (Lipinski definition) is 3. The predicted molar refractivity (Wildman–Crippen MR) is 146 cm³/mol. The van der Waals surface area contributed by atoms with Crippen LogP contribution >= 0.6 is 0 Å². The monoisotopic (exact) mass is 524 g/mol. The fourth-order valence-electron chi connectivity index (χ4n) is 6.66. The minimum absolute atomic E-state index is 0.144. The van der Waals surface area contributed by atoms with Crippen LogP contribution in [0.15, 0.2) is 66.9 Å². The topological polar surface area (TPSA) is 90.9 Å². The van der Waals surface area contributed by atoms with Gasteiger partial charge in [-0.25, -0.2) is 18.7 Å². The zero-order valence-corrected chi connectivity index (χ0v) is 21.0. The number of H-pyrrole nitrogens is 1. The van der Waals surface area contributed by atoms with Crippen molar-refractivity contribution in [2.24, 2.45) is 17.8 Å². The van der Waals surface area contributed by atoms with Crippen molar-refractivity contribution < 1.29 is 18.7 Å². The van der Waals surface area contributed by atoms with Crippen molar-refractivity contribution in [1.82, 2.24) is 15.0 Å². The van der Waals surface area contributed by atoms with Crippen LogP contribution in [0.25, 0.3) is 44.3 Å². The molecule has 2 heterocycles. The molecule has 3 aromatic carbocycles. The molecule has 3 aliphatic rings. The highest BCUT2D eigenvalue weighted by molar-refractivity contribution is 5.95. The van der Waals surface area contributed by atoms with Gasteiger partial charge in [0.2, 0.25) is 0 Å². The lowest BCUT2D eigenvalue weighted by Crippen LogP contribution is -2.51. The molecule has 3 saturated carbocycles. The summed E-state index contributed by atoms with van der Waals surface area (Å²) in [5.74, 6) is -1.47. The molecule has 3 N–H and O–H groups in total. The first kappa shape index (κ1) is 23.8. The quantitative estimate of drug-likeness (QED) is 0.230. The summed E-state index contributed by atoms with van der Waals surface area (Å²) in [5.41, 5.74) is 2.13. The highest BCUT2D eigenvalue weighted by atomic mass is 19.1. The second-order valence-corrected chi connectivity index (χ2v) is 10.7. The molecular weight excluding hydrogens is 498 g/mol. The van der Waals surface area contributed by atoms with Crippen LogP contribution in [0.3, 0.4) is 0 Å². The van der Waals surface area contributed by atoms with Crippen molar-refractivity contribution in [3.05, 3.63) is 78.5 Å². The Bertz CT molecular complexity index is 1740. The van der Waals surface area contributed by atoms with E-state index in [0.29, 0.717) is 28.3 Å². The minimum Gasteiger partial charge on any atom is -0.481 e. The molecule has 2 aromatic heterocycles. The Labute approximate surface area is 223 Å². The van der Waals surface area contributed by atoms with Gasteiger partial charge >= 0.3 is 5.97 Å². The minimum atomic E-state index is -0.784. The van der Waals surface area contributed by atoms with Crippen LogP contribution in [0, 0.1) is 29.4 Å². The number of hydrogen-bond acceptors (Lipinski definition) is 4. The molecule has 0 amide bonds.